The summed E-state index contributed by atoms with van der Waals surface area (Å²) in [6.45, 7) is 2.27. The average molecular weight is 346 g/mol. The fraction of sp³-hybridized carbons (Fsp3) is 0.467. The standard InChI is InChI=1S/C15H17F3N2O4/c1-10(24-9-21)8-19(2)11-3-4-13(12(7-11)15(16,17)18)20-5-6-23-14(20)22/h3-4,7,9-10H,5-6,8H2,1-2H3. The van der Waals surface area contributed by atoms with Gasteiger partial charge in [0, 0.05) is 12.7 Å². The number of carbonyl (C=O) groups excluding carboxylic acids is 2. The number of hydrogen-bond donors (Lipinski definition) is 0. The number of ether oxygens (including phenoxy) is 2. The summed E-state index contributed by atoms with van der Waals surface area (Å²) in [5.74, 6) is 0. The maximum atomic E-state index is 13.4. The van der Waals surface area contributed by atoms with Crippen molar-refractivity contribution >= 4 is 23.9 Å². The van der Waals surface area contributed by atoms with Gasteiger partial charge in [0.1, 0.15) is 12.7 Å². The van der Waals surface area contributed by atoms with E-state index >= 15 is 0 Å². The van der Waals surface area contributed by atoms with Crippen LogP contribution in [0, 0.1) is 0 Å². The molecule has 1 heterocycles. The molecule has 1 amide bonds. The third-order valence-corrected chi connectivity index (χ3v) is 3.60. The van der Waals surface area contributed by atoms with Crippen molar-refractivity contribution < 1.29 is 32.2 Å². The Hall–Kier alpha value is -2.45. The van der Waals surface area contributed by atoms with Crippen LogP contribution in [-0.4, -0.2) is 45.4 Å². The van der Waals surface area contributed by atoms with E-state index in [0.717, 1.165) is 11.0 Å². The van der Waals surface area contributed by atoms with E-state index < -0.39 is 23.9 Å². The van der Waals surface area contributed by atoms with E-state index in [1.165, 1.54) is 17.0 Å². The number of halogens is 3. The van der Waals surface area contributed by atoms with Gasteiger partial charge in [-0.3, -0.25) is 9.69 Å². The Morgan fingerprint density at radius 3 is 2.71 bits per heavy atom. The van der Waals surface area contributed by atoms with Gasteiger partial charge >= 0.3 is 12.3 Å². The molecule has 1 saturated heterocycles. The van der Waals surface area contributed by atoms with Crippen LogP contribution < -0.4 is 9.80 Å². The van der Waals surface area contributed by atoms with Crippen LogP contribution in [0.15, 0.2) is 18.2 Å². The van der Waals surface area contributed by atoms with Crippen molar-refractivity contribution in [1.82, 2.24) is 0 Å². The van der Waals surface area contributed by atoms with Crippen LogP contribution in [0.25, 0.3) is 0 Å². The molecule has 132 valence electrons. The maximum absolute atomic E-state index is 13.4. The Kier molecular flexibility index (Phi) is 5.20. The molecule has 6 nitrogen and oxygen atoms in total. The zero-order chi connectivity index (χ0) is 17.9. The monoisotopic (exact) mass is 346 g/mol. The molecule has 0 aliphatic carbocycles. The van der Waals surface area contributed by atoms with Crippen molar-refractivity contribution in [3.63, 3.8) is 0 Å². The molecule has 0 N–H and O–H groups in total. The highest BCUT2D eigenvalue weighted by atomic mass is 19.4. The van der Waals surface area contributed by atoms with E-state index in [2.05, 4.69) is 0 Å². The fourth-order valence-electron chi connectivity index (χ4n) is 2.47. The fourth-order valence-corrected chi connectivity index (χ4v) is 2.47. The van der Waals surface area contributed by atoms with Gasteiger partial charge in [0.05, 0.1) is 24.3 Å². The number of cyclic esters (lactones) is 1. The highest BCUT2D eigenvalue weighted by Gasteiger charge is 2.38. The molecule has 1 aliphatic rings. The number of benzene rings is 1. The third-order valence-electron chi connectivity index (χ3n) is 3.60. The smallest absolute Gasteiger partial charge is 0.418 e. The molecule has 1 fully saturated rings. The normalized spacial score (nSPS) is 15.9. The van der Waals surface area contributed by atoms with Gasteiger partial charge in [0.15, 0.2) is 0 Å². The van der Waals surface area contributed by atoms with Crippen LogP contribution in [0.1, 0.15) is 12.5 Å². The van der Waals surface area contributed by atoms with Gasteiger partial charge in [-0.25, -0.2) is 4.79 Å². The molecule has 0 saturated carbocycles. The van der Waals surface area contributed by atoms with Gasteiger partial charge in [0.2, 0.25) is 0 Å². The summed E-state index contributed by atoms with van der Waals surface area (Å²) in [5, 5.41) is 0. The number of likely N-dealkylation sites (N-methyl/N-ethyl adjacent to an activating group) is 1. The first kappa shape index (κ1) is 17.9. The SMILES string of the molecule is CC(CN(C)c1ccc(N2CCOC2=O)c(C(F)(F)F)c1)OC=O. The maximum Gasteiger partial charge on any atom is 0.418 e. The number of carbonyl (C=O) groups is 2. The van der Waals surface area contributed by atoms with Gasteiger partial charge in [-0.15, -0.1) is 0 Å². The second kappa shape index (κ2) is 6.98. The molecule has 1 aliphatic heterocycles. The first-order chi connectivity index (χ1) is 11.2. The topological polar surface area (TPSA) is 59.1 Å². The number of rotatable bonds is 6. The largest absolute Gasteiger partial charge is 0.463 e. The Morgan fingerprint density at radius 1 is 1.46 bits per heavy atom. The predicted molar refractivity (Wildman–Crippen MR) is 80.0 cm³/mol. The first-order valence-corrected chi connectivity index (χ1v) is 7.20. The lowest BCUT2D eigenvalue weighted by atomic mass is 10.1. The van der Waals surface area contributed by atoms with Crippen molar-refractivity contribution in [2.75, 3.05) is 36.5 Å². The Bertz CT molecular complexity index is 621. The molecule has 0 aromatic heterocycles. The molecule has 0 radical (unpaired) electrons. The van der Waals surface area contributed by atoms with Crippen molar-refractivity contribution in [2.24, 2.45) is 0 Å². The van der Waals surface area contributed by atoms with Crippen LogP contribution in [0.5, 0.6) is 0 Å². The summed E-state index contributed by atoms with van der Waals surface area (Å²) < 4.78 is 49.6. The molecule has 1 unspecified atom stereocenters. The van der Waals surface area contributed by atoms with E-state index in [0.29, 0.717) is 12.2 Å². The van der Waals surface area contributed by atoms with Crippen LogP contribution in [-0.2, 0) is 20.4 Å². The minimum atomic E-state index is -4.63. The molecule has 0 bridgehead atoms. The molecular weight excluding hydrogens is 329 g/mol. The molecule has 24 heavy (non-hydrogen) atoms. The summed E-state index contributed by atoms with van der Waals surface area (Å²) in [5.41, 5.74) is -0.867. The van der Waals surface area contributed by atoms with Crippen LogP contribution >= 0.6 is 0 Å². The molecule has 1 aromatic carbocycles. The van der Waals surface area contributed by atoms with Crippen LogP contribution in [0.3, 0.4) is 0 Å². The molecule has 2 rings (SSSR count). The van der Waals surface area contributed by atoms with Gasteiger partial charge in [-0.05, 0) is 25.1 Å². The zero-order valence-electron chi connectivity index (χ0n) is 13.2. The second-order valence-corrected chi connectivity index (χ2v) is 5.39. The average Bonchev–Trinajstić information content (AvgIpc) is 2.92. The molecule has 1 atom stereocenters. The van der Waals surface area contributed by atoms with E-state index in [4.69, 9.17) is 9.47 Å². The zero-order valence-corrected chi connectivity index (χ0v) is 13.2. The summed E-state index contributed by atoms with van der Waals surface area (Å²) in [6, 6.07) is 3.69. The summed E-state index contributed by atoms with van der Waals surface area (Å²) in [6.07, 6.45) is -5.90. The minimum Gasteiger partial charge on any atom is -0.463 e. The first-order valence-electron chi connectivity index (χ1n) is 7.20. The summed E-state index contributed by atoms with van der Waals surface area (Å²) >= 11 is 0. The van der Waals surface area contributed by atoms with E-state index in [1.807, 2.05) is 0 Å². The number of amides is 1. The third kappa shape index (κ3) is 3.90. The lowest BCUT2D eigenvalue weighted by Gasteiger charge is -2.25. The molecule has 9 heteroatoms. The second-order valence-electron chi connectivity index (χ2n) is 5.39. The van der Waals surface area contributed by atoms with E-state index in [1.54, 1.807) is 14.0 Å². The Morgan fingerprint density at radius 2 is 2.17 bits per heavy atom. The lowest BCUT2D eigenvalue weighted by Crippen LogP contribution is -2.30. The van der Waals surface area contributed by atoms with E-state index in [-0.39, 0.29) is 25.4 Å². The summed E-state index contributed by atoms with van der Waals surface area (Å²) in [7, 11) is 1.59. The van der Waals surface area contributed by atoms with E-state index in [9.17, 15) is 22.8 Å². The van der Waals surface area contributed by atoms with Gasteiger partial charge in [-0.2, -0.15) is 13.2 Å². The Balaban J connectivity index is 2.33. The number of hydrogen-bond acceptors (Lipinski definition) is 5. The highest BCUT2D eigenvalue weighted by molar-refractivity contribution is 5.90. The Labute approximate surface area is 136 Å². The van der Waals surface area contributed by atoms with Crippen LogP contribution in [0.2, 0.25) is 0 Å². The minimum absolute atomic E-state index is 0.0539. The number of alkyl halides is 3. The predicted octanol–water partition coefficient (Wildman–Crippen LogP) is 2.66. The van der Waals surface area contributed by atoms with Gasteiger partial charge in [0.25, 0.3) is 6.47 Å². The summed E-state index contributed by atoms with van der Waals surface area (Å²) in [4.78, 5) is 24.4. The lowest BCUT2D eigenvalue weighted by molar-refractivity contribution is -0.137. The molecule has 1 aromatic rings. The van der Waals surface area contributed by atoms with Crippen molar-refractivity contribution in [3.8, 4) is 0 Å². The highest BCUT2D eigenvalue weighted by Crippen LogP contribution is 2.39. The molecular formula is C15H17F3N2O4. The van der Waals surface area contributed by atoms with Gasteiger partial charge in [-0.1, -0.05) is 0 Å². The van der Waals surface area contributed by atoms with Gasteiger partial charge < -0.3 is 14.4 Å². The quantitative estimate of drug-likeness (QED) is 0.741. The number of nitrogens with zero attached hydrogens (tertiary/aromatic N) is 2. The van der Waals surface area contributed by atoms with Crippen molar-refractivity contribution in [3.05, 3.63) is 23.8 Å². The van der Waals surface area contributed by atoms with Crippen molar-refractivity contribution in [2.45, 2.75) is 19.2 Å². The van der Waals surface area contributed by atoms with Crippen molar-refractivity contribution in [1.29, 1.82) is 0 Å². The number of anilines is 2. The van der Waals surface area contributed by atoms with Crippen LogP contribution in [0.4, 0.5) is 29.3 Å². The molecule has 0 spiro atoms.